The molecule has 0 spiro atoms. The average Bonchev–Trinajstić information content (AvgIpc) is 2.42. The van der Waals surface area contributed by atoms with Crippen LogP contribution in [-0.2, 0) is 14.8 Å². The van der Waals surface area contributed by atoms with Gasteiger partial charge in [0.1, 0.15) is 0 Å². The minimum Gasteiger partial charge on any atom is -0.322 e. The number of hydrogen-bond acceptors (Lipinski definition) is 3. The Morgan fingerprint density at radius 3 is 2.35 bits per heavy atom. The fourth-order valence-corrected chi connectivity index (χ4v) is 2.53. The van der Waals surface area contributed by atoms with Crippen LogP contribution >= 0.6 is 0 Å². The van der Waals surface area contributed by atoms with Gasteiger partial charge in [0.15, 0.2) is 17.5 Å². The van der Waals surface area contributed by atoms with E-state index in [-0.39, 0.29) is 12.5 Å². The Bertz CT molecular complexity index is 678. The van der Waals surface area contributed by atoms with Crippen molar-refractivity contribution in [3.05, 3.63) is 29.6 Å². The second kappa shape index (κ2) is 7.78. The summed E-state index contributed by atoms with van der Waals surface area (Å²) in [6.45, 7) is 3.39. The van der Waals surface area contributed by atoms with E-state index in [0.29, 0.717) is 12.5 Å². The molecule has 0 aliphatic rings. The fourth-order valence-electron chi connectivity index (χ4n) is 1.74. The van der Waals surface area contributed by atoms with E-state index >= 15 is 0 Å². The summed E-state index contributed by atoms with van der Waals surface area (Å²) >= 11 is 0. The van der Waals surface area contributed by atoms with E-state index in [2.05, 4.69) is 0 Å². The Labute approximate surface area is 133 Å². The van der Waals surface area contributed by atoms with Gasteiger partial charge in [0.25, 0.3) is 0 Å². The number of nitrogens with zero attached hydrogens (tertiary/aromatic N) is 1. The van der Waals surface area contributed by atoms with E-state index in [4.69, 9.17) is 0 Å². The van der Waals surface area contributed by atoms with Crippen molar-refractivity contribution in [3.63, 3.8) is 0 Å². The van der Waals surface area contributed by atoms with Crippen LogP contribution in [0.15, 0.2) is 12.1 Å². The summed E-state index contributed by atoms with van der Waals surface area (Å²) in [5.41, 5.74) is -0.550. The lowest BCUT2D eigenvalue weighted by atomic mass is 10.1. The monoisotopic (exact) mass is 352 g/mol. The second-order valence-electron chi connectivity index (χ2n) is 5.55. The van der Waals surface area contributed by atoms with Gasteiger partial charge in [-0.25, -0.2) is 21.6 Å². The molecular weight excluding hydrogens is 333 g/mol. The third-order valence-electron chi connectivity index (χ3n) is 3.05. The summed E-state index contributed by atoms with van der Waals surface area (Å²) in [4.78, 5) is 11.9. The van der Waals surface area contributed by atoms with Crippen molar-refractivity contribution in [2.45, 2.75) is 20.3 Å². The molecule has 0 saturated heterocycles. The molecule has 1 amide bonds. The molecular formula is C14H19F3N2O3S. The van der Waals surface area contributed by atoms with Crippen LogP contribution in [0.4, 0.5) is 18.9 Å². The zero-order chi connectivity index (χ0) is 17.8. The highest BCUT2D eigenvalue weighted by Crippen LogP contribution is 2.19. The summed E-state index contributed by atoms with van der Waals surface area (Å²) in [5, 5.41) is 2.04. The number of benzene rings is 1. The number of nitrogens with one attached hydrogen (secondary N) is 1. The molecule has 130 valence electrons. The van der Waals surface area contributed by atoms with Crippen LogP contribution in [0.3, 0.4) is 0 Å². The van der Waals surface area contributed by atoms with Crippen LogP contribution in [0.2, 0.25) is 0 Å². The molecule has 0 fully saturated rings. The average molecular weight is 352 g/mol. The van der Waals surface area contributed by atoms with Crippen LogP contribution in [0, 0.1) is 23.4 Å². The normalized spacial score (nSPS) is 12.0. The number of sulfonamides is 1. The molecule has 9 heteroatoms. The highest BCUT2D eigenvalue weighted by molar-refractivity contribution is 7.88. The maximum Gasteiger partial charge on any atom is 0.239 e. The van der Waals surface area contributed by atoms with Crippen LogP contribution < -0.4 is 5.32 Å². The largest absolute Gasteiger partial charge is 0.322 e. The highest BCUT2D eigenvalue weighted by Gasteiger charge is 2.22. The van der Waals surface area contributed by atoms with Gasteiger partial charge < -0.3 is 5.32 Å². The number of amides is 1. The van der Waals surface area contributed by atoms with Crippen LogP contribution in [0.5, 0.6) is 0 Å². The molecule has 0 aliphatic carbocycles. The van der Waals surface area contributed by atoms with E-state index in [9.17, 15) is 26.4 Å². The quantitative estimate of drug-likeness (QED) is 0.766. The van der Waals surface area contributed by atoms with Crippen molar-refractivity contribution >= 4 is 21.6 Å². The number of rotatable bonds is 7. The highest BCUT2D eigenvalue weighted by atomic mass is 32.2. The van der Waals surface area contributed by atoms with E-state index < -0.39 is 45.6 Å². The molecule has 0 atom stereocenters. The van der Waals surface area contributed by atoms with Gasteiger partial charge in [0, 0.05) is 6.54 Å². The summed E-state index contributed by atoms with van der Waals surface area (Å²) in [6, 6.07) is 1.53. The van der Waals surface area contributed by atoms with Crippen molar-refractivity contribution in [3.8, 4) is 0 Å². The van der Waals surface area contributed by atoms with E-state index in [1.54, 1.807) is 0 Å². The van der Waals surface area contributed by atoms with Gasteiger partial charge in [0.2, 0.25) is 15.9 Å². The van der Waals surface area contributed by atoms with E-state index in [1.165, 1.54) is 0 Å². The Morgan fingerprint density at radius 2 is 1.83 bits per heavy atom. The van der Waals surface area contributed by atoms with Crippen LogP contribution in [-0.4, -0.2) is 38.0 Å². The lowest BCUT2D eigenvalue weighted by Gasteiger charge is -2.20. The molecule has 1 N–H and O–H groups in total. The zero-order valence-corrected chi connectivity index (χ0v) is 13.9. The summed E-state index contributed by atoms with van der Waals surface area (Å²) in [7, 11) is -3.63. The lowest BCUT2D eigenvalue weighted by molar-refractivity contribution is -0.116. The number of carbonyl (C=O) groups is 1. The number of halogens is 3. The molecule has 0 saturated carbocycles. The van der Waals surface area contributed by atoms with Crippen molar-refractivity contribution in [2.75, 3.05) is 24.7 Å². The SMILES string of the molecule is CC(C)CCN(CC(=O)Nc1ccc(F)c(F)c1F)S(C)(=O)=O. The molecule has 0 aromatic heterocycles. The molecule has 23 heavy (non-hydrogen) atoms. The fraction of sp³-hybridized carbons (Fsp3) is 0.500. The molecule has 0 aliphatic heterocycles. The number of carbonyl (C=O) groups excluding carboxylic acids is 1. The molecule has 5 nitrogen and oxygen atoms in total. The third kappa shape index (κ3) is 5.83. The van der Waals surface area contributed by atoms with Crippen LogP contribution in [0.25, 0.3) is 0 Å². The summed E-state index contributed by atoms with van der Waals surface area (Å²) in [5.74, 6) is -5.24. The van der Waals surface area contributed by atoms with Gasteiger partial charge in [-0.15, -0.1) is 0 Å². The second-order valence-corrected chi connectivity index (χ2v) is 7.53. The minimum atomic E-state index is -3.63. The van der Waals surface area contributed by atoms with Gasteiger partial charge in [0.05, 0.1) is 18.5 Å². The first-order chi connectivity index (χ1) is 10.5. The molecule has 0 radical (unpaired) electrons. The van der Waals surface area contributed by atoms with Gasteiger partial charge in [-0.1, -0.05) is 13.8 Å². The number of hydrogen-bond donors (Lipinski definition) is 1. The predicted octanol–water partition coefficient (Wildman–Crippen LogP) is 2.35. The van der Waals surface area contributed by atoms with Crippen molar-refractivity contribution in [1.82, 2.24) is 4.31 Å². The van der Waals surface area contributed by atoms with Gasteiger partial charge in [-0.3, -0.25) is 4.79 Å². The molecule has 1 aromatic rings. The zero-order valence-electron chi connectivity index (χ0n) is 13.1. The maximum absolute atomic E-state index is 13.5. The standard InChI is InChI=1S/C14H19F3N2O3S/c1-9(2)6-7-19(23(3,21)22)8-12(20)18-11-5-4-10(15)13(16)14(11)17/h4-5,9H,6-8H2,1-3H3,(H,18,20). The van der Waals surface area contributed by atoms with Crippen molar-refractivity contribution in [2.24, 2.45) is 5.92 Å². The Kier molecular flexibility index (Phi) is 6.57. The van der Waals surface area contributed by atoms with Crippen molar-refractivity contribution in [1.29, 1.82) is 0 Å². The number of anilines is 1. The maximum atomic E-state index is 13.5. The molecule has 1 aromatic carbocycles. The van der Waals surface area contributed by atoms with Gasteiger partial charge in [-0.05, 0) is 24.5 Å². The van der Waals surface area contributed by atoms with Gasteiger partial charge >= 0.3 is 0 Å². The summed E-state index contributed by atoms with van der Waals surface area (Å²) < 4.78 is 63.7. The minimum absolute atomic E-state index is 0.129. The molecule has 0 bridgehead atoms. The van der Waals surface area contributed by atoms with Gasteiger partial charge in [-0.2, -0.15) is 4.31 Å². The molecule has 1 rings (SSSR count). The third-order valence-corrected chi connectivity index (χ3v) is 4.30. The Hall–Kier alpha value is -1.61. The topological polar surface area (TPSA) is 66.5 Å². The first kappa shape index (κ1) is 19.4. The smallest absolute Gasteiger partial charge is 0.239 e. The first-order valence-electron chi connectivity index (χ1n) is 6.90. The molecule has 0 unspecified atom stereocenters. The van der Waals surface area contributed by atoms with Crippen LogP contribution in [0.1, 0.15) is 20.3 Å². The first-order valence-corrected chi connectivity index (χ1v) is 8.75. The predicted molar refractivity (Wildman–Crippen MR) is 80.8 cm³/mol. The van der Waals surface area contributed by atoms with E-state index in [0.717, 1.165) is 16.6 Å². The Morgan fingerprint density at radius 1 is 1.22 bits per heavy atom. The lowest BCUT2D eigenvalue weighted by Crippen LogP contribution is -2.38. The van der Waals surface area contributed by atoms with E-state index in [1.807, 2.05) is 19.2 Å². The molecule has 0 heterocycles. The Balaban J connectivity index is 2.82. The summed E-state index contributed by atoms with van der Waals surface area (Å²) in [6.07, 6.45) is 1.50. The van der Waals surface area contributed by atoms with Crippen molar-refractivity contribution < 1.29 is 26.4 Å².